The Morgan fingerprint density at radius 3 is 2.47 bits per heavy atom. The quantitative estimate of drug-likeness (QED) is 0.639. The molecule has 2 aromatic carbocycles. The Kier molecular flexibility index (Phi) is 6.55. The summed E-state index contributed by atoms with van der Waals surface area (Å²) in [7, 11) is 0. The van der Waals surface area contributed by atoms with Crippen LogP contribution in [0.2, 0.25) is 0 Å². The van der Waals surface area contributed by atoms with E-state index in [-0.39, 0.29) is 41.1 Å². The number of amides is 3. The highest BCUT2D eigenvalue weighted by Crippen LogP contribution is 2.38. The number of carbonyl (C=O) groups excluding carboxylic acids is 3. The van der Waals surface area contributed by atoms with Gasteiger partial charge in [-0.25, -0.2) is 4.39 Å². The first-order valence-corrected chi connectivity index (χ1v) is 12.7. The number of nitrogens with one attached hydrogen (secondary N) is 1. The lowest BCUT2D eigenvalue weighted by molar-refractivity contribution is -0.125. The summed E-state index contributed by atoms with van der Waals surface area (Å²) in [4.78, 5) is 43.1. The maximum Gasteiger partial charge on any atom is 0.263 e. The van der Waals surface area contributed by atoms with Crippen molar-refractivity contribution < 1.29 is 23.5 Å². The van der Waals surface area contributed by atoms with Gasteiger partial charge in [0.05, 0.1) is 22.4 Å². The Labute approximate surface area is 210 Å². The van der Waals surface area contributed by atoms with Gasteiger partial charge in [-0.1, -0.05) is 18.2 Å². The molecule has 0 aromatic heterocycles. The number of piperidine rings is 1. The molecule has 3 aliphatic heterocycles. The molecule has 2 fully saturated rings. The van der Waals surface area contributed by atoms with Crippen LogP contribution in [0.25, 0.3) is 0 Å². The zero-order chi connectivity index (χ0) is 25.4. The van der Waals surface area contributed by atoms with Gasteiger partial charge in [-0.05, 0) is 69.4 Å². The largest absolute Gasteiger partial charge is 0.375 e. The van der Waals surface area contributed by atoms with Gasteiger partial charge in [0.2, 0.25) is 5.91 Å². The second-order valence-electron chi connectivity index (χ2n) is 10.5. The monoisotopic (exact) mass is 493 g/mol. The molecule has 3 heterocycles. The minimum atomic E-state index is -0.375. The summed E-state index contributed by atoms with van der Waals surface area (Å²) < 4.78 is 18.9. The zero-order valence-corrected chi connectivity index (χ0v) is 20.8. The fourth-order valence-electron chi connectivity index (χ4n) is 5.62. The Balaban J connectivity index is 1.24. The van der Waals surface area contributed by atoms with Crippen LogP contribution in [-0.2, 0) is 16.1 Å². The first-order valence-electron chi connectivity index (χ1n) is 12.7. The van der Waals surface area contributed by atoms with E-state index in [4.69, 9.17) is 4.74 Å². The number of rotatable bonds is 5. The third-order valence-electron chi connectivity index (χ3n) is 7.55. The van der Waals surface area contributed by atoms with Crippen molar-refractivity contribution in [2.45, 2.75) is 57.7 Å². The fraction of sp³-hybridized carbons (Fsp3) is 0.464. The van der Waals surface area contributed by atoms with E-state index in [0.29, 0.717) is 63.1 Å². The van der Waals surface area contributed by atoms with E-state index in [1.54, 1.807) is 18.2 Å². The van der Waals surface area contributed by atoms with Crippen LogP contribution in [0.3, 0.4) is 0 Å². The van der Waals surface area contributed by atoms with E-state index < -0.39 is 0 Å². The van der Waals surface area contributed by atoms with Crippen LogP contribution in [0.4, 0.5) is 10.1 Å². The molecular formula is C28H32FN3O4. The Bertz CT molecular complexity index is 1170. The van der Waals surface area contributed by atoms with Gasteiger partial charge in [-0.3, -0.25) is 19.3 Å². The molecule has 0 saturated carbocycles. The lowest BCUT2D eigenvalue weighted by atomic mass is 9.93. The van der Waals surface area contributed by atoms with Gasteiger partial charge >= 0.3 is 0 Å². The first-order chi connectivity index (χ1) is 17.2. The van der Waals surface area contributed by atoms with Crippen molar-refractivity contribution in [1.82, 2.24) is 10.2 Å². The number of fused-ring (bicyclic) bond motifs is 1. The molecule has 1 N–H and O–H groups in total. The number of hydrogen-bond donors (Lipinski definition) is 1. The van der Waals surface area contributed by atoms with E-state index in [1.807, 2.05) is 26.0 Å². The van der Waals surface area contributed by atoms with Gasteiger partial charge in [-0.2, -0.15) is 0 Å². The molecule has 0 radical (unpaired) electrons. The summed E-state index contributed by atoms with van der Waals surface area (Å²) in [6, 6.07) is 11.4. The Morgan fingerprint density at radius 1 is 1.06 bits per heavy atom. The average Bonchev–Trinajstić information content (AvgIpc) is 3.13. The van der Waals surface area contributed by atoms with Gasteiger partial charge in [0.1, 0.15) is 5.82 Å². The van der Waals surface area contributed by atoms with Gasteiger partial charge < -0.3 is 15.0 Å². The van der Waals surface area contributed by atoms with Crippen molar-refractivity contribution in [3.05, 3.63) is 65.0 Å². The summed E-state index contributed by atoms with van der Waals surface area (Å²) in [5, 5.41) is 2.95. The number of carbonyl (C=O) groups is 3. The average molecular weight is 494 g/mol. The third kappa shape index (κ3) is 4.74. The standard InChI is InChI=1S/C28H32FN3O4/c1-28(2)16-21(12-15-36-28)32-26(34)22-4-3-5-23(24(22)27(32)35)31-13-10-19(11-14-31)25(33)30-17-18-6-8-20(29)9-7-18/h3-9,19,21H,10-17H2,1-2H3,(H,30,33)/t21-/m0/s1. The molecule has 0 bridgehead atoms. The second kappa shape index (κ2) is 9.65. The van der Waals surface area contributed by atoms with E-state index in [9.17, 15) is 18.8 Å². The summed E-state index contributed by atoms with van der Waals surface area (Å²) in [5.41, 5.74) is 2.18. The van der Waals surface area contributed by atoms with Crippen molar-refractivity contribution in [1.29, 1.82) is 0 Å². The number of halogens is 1. The third-order valence-corrected chi connectivity index (χ3v) is 7.55. The van der Waals surface area contributed by atoms with E-state index >= 15 is 0 Å². The predicted molar refractivity (Wildman–Crippen MR) is 133 cm³/mol. The zero-order valence-electron chi connectivity index (χ0n) is 20.8. The molecule has 2 aromatic rings. The van der Waals surface area contributed by atoms with Crippen molar-refractivity contribution in [2.75, 3.05) is 24.6 Å². The molecule has 8 heteroatoms. The molecule has 3 aliphatic rings. The molecule has 36 heavy (non-hydrogen) atoms. The molecule has 0 spiro atoms. The van der Waals surface area contributed by atoms with Crippen molar-refractivity contribution >= 4 is 23.4 Å². The summed E-state index contributed by atoms with van der Waals surface area (Å²) >= 11 is 0. The highest BCUT2D eigenvalue weighted by atomic mass is 19.1. The van der Waals surface area contributed by atoms with Crippen LogP contribution in [-0.4, -0.2) is 54.0 Å². The van der Waals surface area contributed by atoms with Crippen LogP contribution in [0, 0.1) is 11.7 Å². The first kappa shape index (κ1) is 24.4. The summed E-state index contributed by atoms with van der Waals surface area (Å²) in [6.07, 6.45) is 2.56. The summed E-state index contributed by atoms with van der Waals surface area (Å²) in [5.74, 6) is -0.902. The maximum absolute atomic E-state index is 13.5. The van der Waals surface area contributed by atoms with Gasteiger partial charge in [0.25, 0.3) is 11.8 Å². The molecule has 190 valence electrons. The molecule has 1 atom stereocenters. The molecule has 0 unspecified atom stereocenters. The number of anilines is 1. The maximum atomic E-state index is 13.5. The molecule has 0 aliphatic carbocycles. The van der Waals surface area contributed by atoms with Crippen LogP contribution in [0.15, 0.2) is 42.5 Å². The van der Waals surface area contributed by atoms with Crippen LogP contribution < -0.4 is 10.2 Å². The topological polar surface area (TPSA) is 79.0 Å². The van der Waals surface area contributed by atoms with Crippen molar-refractivity contribution in [2.24, 2.45) is 5.92 Å². The van der Waals surface area contributed by atoms with Crippen molar-refractivity contribution in [3.8, 4) is 0 Å². The predicted octanol–water partition coefficient (Wildman–Crippen LogP) is 3.91. The number of benzene rings is 2. The van der Waals surface area contributed by atoms with Gasteiger partial charge in [-0.15, -0.1) is 0 Å². The molecule has 5 rings (SSSR count). The highest BCUT2D eigenvalue weighted by Gasteiger charge is 2.45. The minimum absolute atomic E-state index is 0.0168. The number of ether oxygens (including phenoxy) is 1. The smallest absolute Gasteiger partial charge is 0.263 e. The van der Waals surface area contributed by atoms with E-state index in [1.165, 1.54) is 17.0 Å². The SMILES string of the molecule is CC1(C)C[C@@H](N2C(=O)c3cccc(N4CCC(C(=O)NCc5ccc(F)cc5)CC4)c3C2=O)CCO1. The highest BCUT2D eigenvalue weighted by molar-refractivity contribution is 6.24. The van der Waals surface area contributed by atoms with Gasteiger partial charge in [0, 0.05) is 38.2 Å². The molecule has 7 nitrogen and oxygen atoms in total. The normalized spacial score (nSPS) is 22.0. The number of hydrogen-bond acceptors (Lipinski definition) is 5. The Morgan fingerprint density at radius 2 is 1.78 bits per heavy atom. The fourth-order valence-corrected chi connectivity index (χ4v) is 5.62. The molecule has 2 saturated heterocycles. The van der Waals surface area contributed by atoms with Crippen LogP contribution >= 0.6 is 0 Å². The van der Waals surface area contributed by atoms with Crippen LogP contribution in [0.5, 0.6) is 0 Å². The lowest BCUT2D eigenvalue weighted by Crippen LogP contribution is -2.48. The van der Waals surface area contributed by atoms with Gasteiger partial charge in [0.15, 0.2) is 0 Å². The number of imide groups is 1. The van der Waals surface area contributed by atoms with Crippen molar-refractivity contribution in [3.63, 3.8) is 0 Å². The van der Waals surface area contributed by atoms with E-state index in [2.05, 4.69) is 10.2 Å². The summed E-state index contributed by atoms with van der Waals surface area (Å²) in [6.45, 7) is 6.11. The minimum Gasteiger partial charge on any atom is -0.375 e. The molecule has 3 amide bonds. The van der Waals surface area contributed by atoms with E-state index in [0.717, 1.165) is 11.3 Å². The lowest BCUT2D eigenvalue weighted by Gasteiger charge is -2.39. The van der Waals surface area contributed by atoms with Crippen LogP contribution in [0.1, 0.15) is 65.8 Å². The number of nitrogens with zero attached hydrogens (tertiary/aromatic N) is 2. The second-order valence-corrected chi connectivity index (χ2v) is 10.5. The molecular weight excluding hydrogens is 461 g/mol. The Hall–Kier alpha value is -3.26.